The molecular weight excluding hydrogens is 261 g/mol. The molecule has 2 heterocycles. The lowest BCUT2D eigenvalue weighted by molar-refractivity contribution is -0.138. The predicted molar refractivity (Wildman–Crippen MR) is 71.1 cm³/mol. The minimum atomic E-state index is -0.895. The van der Waals surface area contributed by atoms with E-state index in [1.807, 2.05) is 6.92 Å². The summed E-state index contributed by atoms with van der Waals surface area (Å²) in [5.74, 6) is -0.713. The molecule has 0 radical (unpaired) electrons. The highest BCUT2D eigenvalue weighted by molar-refractivity contribution is 5.93. The summed E-state index contributed by atoms with van der Waals surface area (Å²) in [6.07, 6.45) is 3.41. The molecule has 1 aliphatic heterocycles. The van der Waals surface area contributed by atoms with Crippen LogP contribution in [-0.2, 0) is 16.1 Å². The molecule has 108 valence electrons. The van der Waals surface area contributed by atoms with Gasteiger partial charge >= 0.3 is 0 Å². The first-order valence-electron chi connectivity index (χ1n) is 6.64. The van der Waals surface area contributed by atoms with Crippen LogP contribution >= 0.6 is 0 Å². The second-order valence-electron chi connectivity index (χ2n) is 5.22. The van der Waals surface area contributed by atoms with Gasteiger partial charge in [-0.3, -0.25) is 14.6 Å². The molecule has 20 heavy (non-hydrogen) atoms. The molecule has 2 rings (SSSR count). The zero-order valence-corrected chi connectivity index (χ0v) is 11.6. The SMILES string of the molecule is CCC1(C)NC(=O)CCN(Cc2cncc(F)c2)C1=O. The van der Waals surface area contributed by atoms with Crippen molar-refractivity contribution in [1.29, 1.82) is 0 Å². The molecule has 0 aliphatic carbocycles. The van der Waals surface area contributed by atoms with E-state index in [2.05, 4.69) is 10.3 Å². The van der Waals surface area contributed by atoms with Gasteiger partial charge in [0.05, 0.1) is 6.20 Å². The minimum absolute atomic E-state index is 0.137. The summed E-state index contributed by atoms with van der Waals surface area (Å²) in [4.78, 5) is 29.6. The number of pyridine rings is 1. The van der Waals surface area contributed by atoms with Gasteiger partial charge in [0, 0.05) is 25.7 Å². The van der Waals surface area contributed by atoms with Crippen LogP contribution in [0.1, 0.15) is 32.3 Å². The third kappa shape index (κ3) is 2.95. The highest BCUT2D eigenvalue weighted by atomic mass is 19.1. The minimum Gasteiger partial charge on any atom is -0.342 e. The predicted octanol–water partition coefficient (Wildman–Crippen LogP) is 1.24. The highest BCUT2D eigenvalue weighted by Gasteiger charge is 2.38. The van der Waals surface area contributed by atoms with Crippen molar-refractivity contribution in [2.45, 2.75) is 38.8 Å². The Labute approximate surface area is 117 Å². The quantitative estimate of drug-likeness (QED) is 0.905. The highest BCUT2D eigenvalue weighted by Crippen LogP contribution is 2.19. The molecule has 1 aliphatic rings. The maximum atomic E-state index is 13.1. The summed E-state index contributed by atoms with van der Waals surface area (Å²) < 4.78 is 13.1. The van der Waals surface area contributed by atoms with Gasteiger partial charge in [0.25, 0.3) is 0 Å². The molecule has 1 saturated heterocycles. The summed E-state index contributed by atoms with van der Waals surface area (Å²) in [5, 5.41) is 2.76. The average Bonchev–Trinajstić information content (AvgIpc) is 2.51. The number of rotatable bonds is 3. The third-order valence-corrected chi connectivity index (χ3v) is 3.63. The maximum absolute atomic E-state index is 13.1. The lowest BCUT2D eigenvalue weighted by atomic mass is 9.97. The van der Waals surface area contributed by atoms with Crippen LogP contribution < -0.4 is 5.32 Å². The van der Waals surface area contributed by atoms with Crippen molar-refractivity contribution < 1.29 is 14.0 Å². The molecular formula is C14H18FN3O2. The summed E-state index contributed by atoms with van der Waals surface area (Å²) in [6.45, 7) is 4.16. The molecule has 1 N–H and O–H groups in total. The fraction of sp³-hybridized carbons (Fsp3) is 0.500. The van der Waals surface area contributed by atoms with E-state index in [4.69, 9.17) is 0 Å². The number of halogens is 1. The fourth-order valence-electron chi connectivity index (χ4n) is 2.26. The first-order valence-corrected chi connectivity index (χ1v) is 6.64. The van der Waals surface area contributed by atoms with E-state index in [9.17, 15) is 14.0 Å². The molecule has 0 aromatic carbocycles. The fourth-order valence-corrected chi connectivity index (χ4v) is 2.26. The van der Waals surface area contributed by atoms with Gasteiger partial charge in [-0.2, -0.15) is 0 Å². The number of carbonyl (C=O) groups is 2. The second-order valence-corrected chi connectivity index (χ2v) is 5.22. The van der Waals surface area contributed by atoms with Crippen LogP contribution in [-0.4, -0.2) is 33.8 Å². The Morgan fingerprint density at radius 1 is 1.45 bits per heavy atom. The van der Waals surface area contributed by atoms with Gasteiger partial charge in [-0.15, -0.1) is 0 Å². The van der Waals surface area contributed by atoms with Crippen LogP contribution in [0.2, 0.25) is 0 Å². The Morgan fingerprint density at radius 3 is 2.85 bits per heavy atom. The first kappa shape index (κ1) is 14.4. The Bertz CT molecular complexity index is 535. The molecule has 1 atom stereocenters. The first-order chi connectivity index (χ1) is 9.44. The van der Waals surface area contributed by atoms with Gasteiger partial charge in [0.15, 0.2) is 0 Å². The molecule has 0 saturated carbocycles. The molecule has 6 heteroatoms. The number of nitrogens with zero attached hydrogens (tertiary/aromatic N) is 2. The van der Waals surface area contributed by atoms with E-state index in [-0.39, 0.29) is 24.8 Å². The van der Waals surface area contributed by atoms with Crippen molar-refractivity contribution >= 4 is 11.8 Å². The van der Waals surface area contributed by atoms with Gasteiger partial charge in [-0.1, -0.05) is 6.92 Å². The monoisotopic (exact) mass is 279 g/mol. The van der Waals surface area contributed by atoms with E-state index < -0.39 is 11.4 Å². The number of amides is 2. The number of nitrogens with one attached hydrogen (secondary N) is 1. The standard InChI is InChI=1S/C14H18FN3O2/c1-3-14(2)13(20)18(5-4-12(19)17-14)9-10-6-11(15)8-16-7-10/h6-8H,3-5,9H2,1-2H3,(H,17,19). The largest absolute Gasteiger partial charge is 0.342 e. The van der Waals surface area contributed by atoms with Crippen molar-refractivity contribution in [1.82, 2.24) is 15.2 Å². The van der Waals surface area contributed by atoms with Crippen LogP contribution in [0.5, 0.6) is 0 Å². The molecule has 0 spiro atoms. The number of carbonyl (C=O) groups excluding carboxylic acids is 2. The van der Waals surface area contributed by atoms with E-state index in [0.717, 1.165) is 6.20 Å². The summed E-state index contributed by atoms with van der Waals surface area (Å²) in [7, 11) is 0. The number of aromatic nitrogens is 1. The maximum Gasteiger partial charge on any atom is 0.248 e. The topological polar surface area (TPSA) is 62.3 Å². The van der Waals surface area contributed by atoms with Crippen molar-refractivity contribution in [2.24, 2.45) is 0 Å². The summed E-state index contributed by atoms with van der Waals surface area (Å²) in [6, 6.07) is 1.35. The molecule has 1 fully saturated rings. The Kier molecular flexibility index (Phi) is 4.01. The van der Waals surface area contributed by atoms with Crippen LogP contribution in [0.25, 0.3) is 0 Å². The van der Waals surface area contributed by atoms with Crippen molar-refractivity contribution in [3.05, 3.63) is 29.8 Å². The van der Waals surface area contributed by atoms with Crippen LogP contribution in [0, 0.1) is 5.82 Å². The molecule has 5 nitrogen and oxygen atoms in total. The molecule has 2 amide bonds. The average molecular weight is 279 g/mol. The van der Waals surface area contributed by atoms with Crippen molar-refractivity contribution in [2.75, 3.05) is 6.54 Å². The van der Waals surface area contributed by atoms with Crippen LogP contribution in [0.4, 0.5) is 4.39 Å². The van der Waals surface area contributed by atoms with Gasteiger partial charge in [-0.05, 0) is 25.0 Å². The van der Waals surface area contributed by atoms with Gasteiger partial charge in [0.2, 0.25) is 11.8 Å². The molecule has 1 unspecified atom stereocenters. The molecule has 1 aromatic heterocycles. The zero-order valence-electron chi connectivity index (χ0n) is 11.6. The normalized spacial score (nSPS) is 23.4. The van der Waals surface area contributed by atoms with E-state index >= 15 is 0 Å². The van der Waals surface area contributed by atoms with Crippen molar-refractivity contribution in [3.8, 4) is 0 Å². The van der Waals surface area contributed by atoms with E-state index in [1.165, 1.54) is 12.3 Å². The number of hydrogen-bond acceptors (Lipinski definition) is 3. The zero-order chi connectivity index (χ0) is 14.8. The van der Waals surface area contributed by atoms with Gasteiger partial charge < -0.3 is 10.2 Å². The van der Waals surface area contributed by atoms with Crippen LogP contribution in [0.15, 0.2) is 18.5 Å². The van der Waals surface area contributed by atoms with Crippen molar-refractivity contribution in [3.63, 3.8) is 0 Å². The van der Waals surface area contributed by atoms with Crippen LogP contribution in [0.3, 0.4) is 0 Å². The Morgan fingerprint density at radius 2 is 2.20 bits per heavy atom. The third-order valence-electron chi connectivity index (χ3n) is 3.63. The lowest BCUT2D eigenvalue weighted by Gasteiger charge is -2.31. The molecule has 0 bridgehead atoms. The lowest BCUT2D eigenvalue weighted by Crippen LogP contribution is -2.54. The van der Waals surface area contributed by atoms with Gasteiger partial charge in [0.1, 0.15) is 11.4 Å². The van der Waals surface area contributed by atoms with E-state index in [0.29, 0.717) is 18.5 Å². The summed E-state index contributed by atoms with van der Waals surface area (Å²) in [5.41, 5.74) is -0.278. The Balaban J connectivity index is 2.22. The smallest absolute Gasteiger partial charge is 0.248 e. The second kappa shape index (κ2) is 5.56. The molecule has 1 aromatic rings. The number of hydrogen-bond donors (Lipinski definition) is 1. The summed E-state index contributed by atoms with van der Waals surface area (Å²) >= 11 is 0. The van der Waals surface area contributed by atoms with Gasteiger partial charge in [-0.25, -0.2) is 4.39 Å². The Hall–Kier alpha value is -1.98. The van der Waals surface area contributed by atoms with E-state index in [1.54, 1.807) is 11.8 Å².